The molecule has 4 heteroatoms. The number of ketones is 1. The van der Waals surface area contributed by atoms with E-state index in [0.717, 1.165) is 17.6 Å². The van der Waals surface area contributed by atoms with Gasteiger partial charge in [0.25, 0.3) is 0 Å². The van der Waals surface area contributed by atoms with Crippen LogP contribution in [-0.2, 0) is 6.42 Å². The molecular weight excluding hydrogens is 212 g/mol. The fourth-order valence-corrected chi connectivity index (χ4v) is 1.77. The van der Waals surface area contributed by atoms with Crippen molar-refractivity contribution in [3.63, 3.8) is 0 Å². The standard InChI is InChI=1S/C11H11ClN2O/c1-3-9-5-11-10(7(2)15)4-8(12)6-14(11)13-9/h4-6H,3H2,1-2H3. The van der Waals surface area contributed by atoms with Gasteiger partial charge in [0.2, 0.25) is 0 Å². The van der Waals surface area contributed by atoms with Gasteiger partial charge in [-0.3, -0.25) is 4.79 Å². The highest BCUT2D eigenvalue weighted by molar-refractivity contribution is 6.31. The molecule has 0 fully saturated rings. The van der Waals surface area contributed by atoms with Crippen molar-refractivity contribution in [1.82, 2.24) is 9.61 Å². The molecule has 2 heterocycles. The molecule has 0 aliphatic carbocycles. The topological polar surface area (TPSA) is 34.4 Å². The highest BCUT2D eigenvalue weighted by atomic mass is 35.5. The number of aryl methyl sites for hydroxylation is 1. The zero-order chi connectivity index (χ0) is 11.0. The number of nitrogens with zero attached hydrogens (tertiary/aromatic N) is 2. The second-order valence-electron chi connectivity index (χ2n) is 3.45. The summed E-state index contributed by atoms with van der Waals surface area (Å²) in [7, 11) is 0. The molecule has 0 spiro atoms. The summed E-state index contributed by atoms with van der Waals surface area (Å²) in [5, 5.41) is 4.84. The Morgan fingerprint density at radius 2 is 2.27 bits per heavy atom. The van der Waals surface area contributed by atoms with E-state index >= 15 is 0 Å². The second-order valence-corrected chi connectivity index (χ2v) is 3.88. The van der Waals surface area contributed by atoms with Gasteiger partial charge in [-0.05, 0) is 25.5 Å². The second kappa shape index (κ2) is 3.66. The monoisotopic (exact) mass is 222 g/mol. The van der Waals surface area contributed by atoms with E-state index in [2.05, 4.69) is 5.10 Å². The summed E-state index contributed by atoms with van der Waals surface area (Å²) < 4.78 is 1.66. The van der Waals surface area contributed by atoms with E-state index in [-0.39, 0.29) is 5.78 Å². The molecule has 0 radical (unpaired) electrons. The molecule has 0 bridgehead atoms. The number of carbonyl (C=O) groups excluding carboxylic acids is 1. The van der Waals surface area contributed by atoms with Gasteiger partial charge < -0.3 is 0 Å². The van der Waals surface area contributed by atoms with Gasteiger partial charge in [-0.2, -0.15) is 5.10 Å². The van der Waals surface area contributed by atoms with Crippen LogP contribution < -0.4 is 0 Å². The van der Waals surface area contributed by atoms with E-state index in [0.29, 0.717) is 10.6 Å². The van der Waals surface area contributed by atoms with Crippen molar-refractivity contribution in [3.05, 3.63) is 34.6 Å². The van der Waals surface area contributed by atoms with Crippen LogP contribution in [0.25, 0.3) is 5.52 Å². The van der Waals surface area contributed by atoms with Gasteiger partial charge in [0, 0.05) is 11.8 Å². The Morgan fingerprint density at radius 3 is 2.87 bits per heavy atom. The van der Waals surface area contributed by atoms with Gasteiger partial charge in [-0.1, -0.05) is 18.5 Å². The van der Waals surface area contributed by atoms with Crippen molar-refractivity contribution in [3.8, 4) is 0 Å². The van der Waals surface area contributed by atoms with E-state index in [1.165, 1.54) is 6.92 Å². The van der Waals surface area contributed by atoms with Crippen LogP contribution in [0, 0.1) is 0 Å². The van der Waals surface area contributed by atoms with Crippen LogP contribution in [0.2, 0.25) is 5.02 Å². The number of pyridine rings is 1. The molecule has 3 nitrogen and oxygen atoms in total. The third kappa shape index (κ3) is 1.75. The molecule has 78 valence electrons. The first kappa shape index (κ1) is 10.2. The molecule has 15 heavy (non-hydrogen) atoms. The van der Waals surface area contributed by atoms with E-state index in [1.54, 1.807) is 16.8 Å². The molecule has 0 aliphatic rings. The lowest BCUT2D eigenvalue weighted by Gasteiger charge is -2.00. The maximum atomic E-state index is 11.4. The molecule has 0 amide bonds. The van der Waals surface area contributed by atoms with Gasteiger partial charge in [0.05, 0.1) is 16.2 Å². The van der Waals surface area contributed by atoms with Gasteiger partial charge in [0.1, 0.15) is 0 Å². The first-order chi connectivity index (χ1) is 7.11. The van der Waals surface area contributed by atoms with Crippen molar-refractivity contribution in [2.75, 3.05) is 0 Å². The molecule has 0 saturated carbocycles. The molecule has 2 rings (SSSR count). The van der Waals surface area contributed by atoms with E-state index in [9.17, 15) is 4.79 Å². The smallest absolute Gasteiger partial charge is 0.162 e. The summed E-state index contributed by atoms with van der Waals surface area (Å²) in [4.78, 5) is 11.4. The van der Waals surface area contributed by atoms with Crippen molar-refractivity contribution < 1.29 is 4.79 Å². The zero-order valence-corrected chi connectivity index (χ0v) is 9.38. The summed E-state index contributed by atoms with van der Waals surface area (Å²) >= 11 is 5.91. The largest absolute Gasteiger partial charge is 0.294 e. The van der Waals surface area contributed by atoms with Gasteiger partial charge in [-0.25, -0.2) is 4.52 Å². The van der Waals surface area contributed by atoms with Gasteiger partial charge in [-0.15, -0.1) is 0 Å². The number of hydrogen-bond donors (Lipinski definition) is 0. The highest BCUT2D eigenvalue weighted by Crippen LogP contribution is 2.19. The van der Waals surface area contributed by atoms with Crippen molar-refractivity contribution in [2.45, 2.75) is 20.3 Å². The number of Topliss-reactive ketones (excluding diaryl/α,β-unsaturated/α-hetero) is 1. The molecule has 0 saturated heterocycles. The number of aromatic nitrogens is 2. The zero-order valence-electron chi connectivity index (χ0n) is 8.62. The number of hydrogen-bond acceptors (Lipinski definition) is 2. The Labute approximate surface area is 92.7 Å². The molecule has 0 unspecified atom stereocenters. The normalized spacial score (nSPS) is 10.9. The van der Waals surface area contributed by atoms with Crippen LogP contribution in [-0.4, -0.2) is 15.4 Å². The molecule has 0 atom stereocenters. The highest BCUT2D eigenvalue weighted by Gasteiger charge is 2.10. The Balaban J connectivity index is 2.77. The summed E-state index contributed by atoms with van der Waals surface area (Å²) in [6.07, 6.45) is 2.55. The van der Waals surface area contributed by atoms with Crippen LogP contribution in [0.4, 0.5) is 0 Å². The van der Waals surface area contributed by atoms with Crippen molar-refractivity contribution in [2.24, 2.45) is 0 Å². The minimum absolute atomic E-state index is 0.00468. The van der Waals surface area contributed by atoms with Crippen LogP contribution in [0.15, 0.2) is 18.3 Å². The third-order valence-electron chi connectivity index (χ3n) is 2.33. The summed E-state index contributed by atoms with van der Waals surface area (Å²) in [6.45, 7) is 3.56. The minimum Gasteiger partial charge on any atom is -0.294 e. The van der Waals surface area contributed by atoms with Crippen LogP contribution in [0.1, 0.15) is 29.9 Å². The van der Waals surface area contributed by atoms with Crippen LogP contribution in [0.3, 0.4) is 0 Å². The molecule has 0 aromatic carbocycles. The lowest BCUT2D eigenvalue weighted by Crippen LogP contribution is -1.97. The van der Waals surface area contributed by atoms with E-state index in [4.69, 9.17) is 11.6 Å². The van der Waals surface area contributed by atoms with E-state index in [1.807, 2.05) is 13.0 Å². The fourth-order valence-electron chi connectivity index (χ4n) is 1.57. The fraction of sp³-hybridized carbons (Fsp3) is 0.273. The Bertz CT molecular complexity index is 531. The summed E-state index contributed by atoms with van der Waals surface area (Å²) in [6, 6.07) is 3.60. The molecule has 2 aromatic rings. The molecular formula is C11H11ClN2O. The summed E-state index contributed by atoms with van der Waals surface area (Å²) in [5.41, 5.74) is 2.40. The predicted molar refractivity (Wildman–Crippen MR) is 59.6 cm³/mol. The number of fused-ring (bicyclic) bond motifs is 1. The first-order valence-electron chi connectivity index (χ1n) is 4.80. The quantitative estimate of drug-likeness (QED) is 0.733. The predicted octanol–water partition coefficient (Wildman–Crippen LogP) is 2.75. The number of carbonyl (C=O) groups is 1. The van der Waals surface area contributed by atoms with Crippen LogP contribution >= 0.6 is 11.6 Å². The summed E-state index contributed by atoms with van der Waals surface area (Å²) in [5.74, 6) is 0.00468. The van der Waals surface area contributed by atoms with Crippen LogP contribution in [0.5, 0.6) is 0 Å². The maximum Gasteiger partial charge on any atom is 0.162 e. The number of halogens is 1. The average Bonchev–Trinajstić information content (AvgIpc) is 2.58. The lowest BCUT2D eigenvalue weighted by atomic mass is 10.1. The molecule has 2 aromatic heterocycles. The first-order valence-corrected chi connectivity index (χ1v) is 5.18. The SMILES string of the molecule is CCc1cc2c(C(C)=O)cc(Cl)cn2n1. The molecule has 0 N–H and O–H groups in total. The number of rotatable bonds is 2. The third-order valence-corrected chi connectivity index (χ3v) is 2.54. The van der Waals surface area contributed by atoms with Gasteiger partial charge >= 0.3 is 0 Å². The van der Waals surface area contributed by atoms with Crippen molar-refractivity contribution in [1.29, 1.82) is 0 Å². The average molecular weight is 223 g/mol. The van der Waals surface area contributed by atoms with Gasteiger partial charge in [0.15, 0.2) is 5.78 Å². The Morgan fingerprint density at radius 1 is 1.53 bits per heavy atom. The molecule has 0 aliphatic heterocycles. The lowest BCUT2D eigenvalue weighted by molar-refractivity contribution is 0.101. The van der Waals surface area contributed by atoms with Crippen molar-refractivity contribution >= 4 is 22.9 Å². The Hall–Kier alpha value is -1.35. The Kier molecular flexibility index (Phi) is 2.49. The minimum atomic E-state index is 0.00468. The van der Waals surface area contributed by atoms with E-state index < -0.39 is 0 Å². The maximum absolute atomic E-state index is 11.4.